The standard InChI is InChI=1S/C11H9ClN2O/c12-11-6-8(13)5-10(14-11)7-2-1-3-9(15)4-7/h1-6,15H,(H2,13,14). The van der Waals surface area contributed by atoms with E-state index in [4.69, 9.17) is 17.3 Å². The Hall–Kier alpha value is -1.74. The third-order valence-corrected chi connectivity index (χ3v) is 2.15. The highest BCUT2D eigenvalue weighted by molar-refractivity contribution is 6.29. The largest absolute Gasteiger partial charge is 0.508 e. The Kier molecular flexibility index (Phi) is 2.47. The first kappa shape index (κ1) is 9.80. The second kappa shape index (κ2) is 3.79. The Balaban J connectivity index is 2.54. The Morgan fingerprint density at radius 1 is 1.20 bits per heavy atom. The summed E-state index contributed by atoms with van der Waals surface area (Å²) in [6.45, 7) is 0. The van der Waals surface area contributed by atoms with Crippen LogP contribution in [0.3, 0.4) is 0 Å². The molecule has 0 spiro atoms. The number of benzene rings is 1. The van der Waals surface area contributed by atoms with Gasteiger partial charge in [0, 0.05) is 11.3 Å². The number of rotatable bonds is 1. The number of hydrogen-bond acceptors (Lipinski definition) is 3. The van der Waals surface area contributed by atoms with E-state index in [1.807, 2.05) is 6.07 Å². The highest BCUT2D eigenvalue weighted by Gasteiger charge is 2.02. The number of anilines is 1. The van der Waals surface area contributed by atoms with Crippen LogP contribution in [0.4, 0.5) is 5.69 Å². The van der Waals surface area contributed by atoms with Crippen molar-refractivity contribution in [2.45, 2.75) is 0 Å². The Labute approximate surface area is 92.1 Å². The molecular weight excluding hydrogens is 212 g/mol. The van der Waals surface area contributed by atoms with Crippen LogP contribution in [0.1, 0.15) is 0 Å². The van der Waals surface area contributed by atoms with Crippen LogP contribution in [0.5, 0.6) is 5.75 Å². The van der Waals surface area contributed by atoms with Crippen molar-refractivity contribution >= 4 is 17.3 Å². The summed E-state index contributed by atoms with van der Waals surface area (Å²) in [6.07, 6.45) is 0. The summed E-state index contributed by atoms with van der Waals surface area (Å²) in [7, 11) is 0. The van der Waals surface area contributed by atoms with Crippen LogP contribution in [-0.4, -0.2) is 10.1 Å². The van der Waals surface area contributed by atoms with E-state index in [0.717, 1.165) is 5.56 Å². The zero-order valence-electron chi connectivity index (χ0n) is 7.81. The maximum absolute atomic E-state index is 9.32. The predicted octanol–water partition coefficient (Wildman–Crippen LogP) is 2.69. The van der Waals surface area contributed by atoms with E-state index in [9.17, 15) is 5.11 Å². The number of nitrogens with two attached hydrogens (primary N) is 1. The normalized spacial score (nSPS) is 10.2. The molecule has 0 unspecified atom stereocenters. The molecule has 15 heavy (non-hydrogen) atoms. The molecule has 2 rings (SSSR count). The number of nitrogen functional groups attached to an aromatic ring is 1. The summed E-state index contributed by atoms with van der Waals surface area (Å²) < 4.78 is 0. The lowest BCUT2D eigenvalue weighted by atomic mass is 10.1. The lowest BCUT2D eigenvalue weighted by Gasteiger charge is -2.03. The molecule has 76 valence electrons. The summed E-state index contributed by atoms with van der Waals surface area (Å²) in [5.74, 6) is 0.188. The summed E-state index contributed by atoms with van der Waals surface area (Å²) >= 11 is 5.79. The minimum Gasteiger partial charge on any atom is -0.508 e. The van der Waals surface area contributed by atoms with Gasteiger partial charge in [0.1, 0.15) is 10.9 Å². The van der Waals surface area contributed by atoms with Crippen molar-refractivity contribution in [1.82, 2.24) is 4.98 Å². The van der Waals surface area contributed by atoms with E-state index in [1.165, 1.54) is 0 Å². The molecule has 3 nitrogen and oxygen atoms in total. The van der Waals surface area contributed by atoms with Gasteiger partial charge in [-0.25, -0.2) is 4.98 Å². The lowest BCUT2D eigenvalue weighted by Crippen LogP contribution is -1.89. The molecule has 4 heteroatoms. The van der Waals surface area contributed by atoms with Crippen LogP contribution in [0.15, 0.2) is 36.4 Å². The van der Waals surface area contributed by atoms with Gasteiger partial charge in [0.25, 0.3) is 0 Å². The van der Waals surface area contributed by atoms with Crippen LogP contribution >= 0.6 is 11.6 Å². The molecule has 0 radical (unpaired) electrons. The Morgan fingerprint density at radius 2 is 2.00 bits per heavy atom. The van der Waals surface area contributed by atoms with E-state index in [1.54, 1.807) is 30.3 Å². The van der Waals surface area contributed by atoms with E-state index in [0.29, 0.717) is 16.5 Å². The van der Waals surface area contributed by atoms with Crippen LogP contribution in [0, 0.1) is 0 Å². The fourth-order valence-electron chi connectivity index (χ4n) is 1.33. The van der Waals surface area contributed by atoms with E-state index >= 15 is 0 Å². The van der Waals surface area contributed by atoms with Gasteiger partial charge in [-0.2, -0.15) is 0 Å². The zero-order chi connectivity index (χ0) is 10.8. The third kappa shape index (κ3) is 2.19. The molecule has 0 fully saturated rings. The molecule has 1 aromatic heterocycles. The average molecular weight is 221 g/mol. The SMILES string of the molecule is Nc1cc(Cl)nc(-c2cccc(O)c2)c1. The highest BCUT2D eigenvalue weighted by atomic mass is 35.5. The monoisotopic (exact) mass is 220 g/mol. The maximum atomic E-state index is 9.32. The van der Waals surface area contributed by atoms with Crippen molar-refractivity contribution in [3.05, 3.63) is 41.6 Å². The van der Waals surface area contributed by atoms with Crippen LogP contribution in [0.2, 0.25) is 5.15 Å². The van der Waals surface area contributed by atoms with Crippen LogP contribution < -0.4 is 5.73 Å². The molecule has 0 aliphatic heterocycles. The minimum atomic E-state index is 0.188. The first-order chi connectivity index (χ1) is 7.15. The van der Waals surface area contributed by atoms with Gasteiger partial charge in [0.05, 0.1) is 5.69 Å². The number of halogens is 1. The summed E-state index contributed by atoms with van der Waals surface area (Å²) in [4.78, 5) is 4.12. The first-order valence-electron chi connectivity index (χ1n) is 4.37. The van der Waals surface area contributed by atoms with Gasteiger partial charge in [-0.1, -0.05) is 23.7 Å². The topological polar surface area (TPSA) is 59.1 Å². The average Bonchev–Trinajstić information content (AvgIpc) is 2.16. The van der Waals surface area contributed by atoms with Gasteiger partial charge < -0.3 is 10.8 Å². The van der Waals surface area contributed by atoms with Crippen molar-refractivity contribution in [3.63, 3.8) is 0 Å². The molecule has 0 aliphatic carbocycles. The fourth-order valence-corrected chi connectivity index (χ4v) is 1.55. The molecule has 1 aromatic carbocycles. The third-order valence-electron chi connectivity index (χ3n) is 1.96. The first-order valence-corrected chi connectivity index (χ1v) is 4.75. The number of aromatic hydroxyl groups is 1. The van der Waals surface area contributed by atoms with Crippen molar-refractivity contribution in [1.29, 1.82) is 0 Å². The van der Waals surface area contributed by atoms with E-state index in [2.05, 4.69) is 4.98 Å². The second-order valence-corrected chi connectivity index (χ2v) is 3.55. The molecule has 0 amide bonds. The van der Waals surface area contributed by atoms with Gasteiger partial charge in [0.2, 0.25) is 0 Å². The molecule has 2 aromatic rings. The maximum Gasteiger partial charge on any atom is 0.131 e. The smallest absolute Gasteiger partial charge is 0.131 e. The predicted molar refractivity (Wildman–Crippen MR) is 60.8 cm³/mol. The van der Waals surface area contributed by atoms with Crippen LogP contribution in [0.25, 0.3) is 11.3 Å². The quantitative estimate of drug-likeness (QED) is 0.727. The van der Waals surface area contributed by atoms with Gasteiger partial charge in [-0.05, 0) is 24.3 Å². The van der Waals surface area contributed by atoms with Gasteiger partial charge >= 0.3 is 0 Å². The molecular formula is C11H9ClN2O. The molecule has 0 saturated carbocycles. The number of nitrogens with zero attached hydrogens (tertiary/aromatic N) is 1. The number of phenols is 1. The van der Waals surface area contributed by atoms with Crippen molar-refractivity contribution in [2.24, 2.45) is 0 Å². The van der Waals surface area contributed by atoms with Crippen molar-refractivity contribution in [3.8, 4) is 17.0 Å². The highest BCUT2D eigenvalue weighted by Crippen LogP contribution is 2.24. The van der Waals surface area contributed by atoms with E-state index < -0.39 is 0 Å². The zero-order valence-corrected chi connectivity index (χ0v) is 8.57. The Morgan fingerprint density at radius 3 is 2.67 bits per heavy atom. The molecule has 0 saturated heterocycles. The second-order valence-electron chi connectivity index (χ2n) is 3.16. The summed E-state index contributed by atoms with van der Waals surface area (Å²) in [6, 6.07) is 10.1. The Bertz CT molecular complexity index is 479. The number of hydrogen-bond donors (Lipinski definition) is 2. The molecule has 0 atom stereocenters. The molecule has 0 aliphatic rings. The van der Waals surface area contributed by atoms with Crippen molar-refractivity contribution in [2.75, 3.05) is 5.73 Å². The van der Waals surface area contributed by atoms with Gasteiger partial charge in [0.15, 0.2) is 0 Å². The van der Waals surface area contributed by atoms with Crippen LogP contribution in [-0.2, 0) is 0 Å². The summed E-state index contributed by atoms with van der Waals surface area (Å²) in [5, 5.41) is 9.66. The lowest BCUT2D eigenvalue weighted by molar-refractivity contribution is 0.475. The number of pyridine rings is 1. The molecule has 1 heterocycles. The minimum absolute atomic E-state index is 0.188. The number of aromatic nitrogens is 1. The molecule has 3 N–H and O–H groups in total. The van der Waals surface area contributed by atoms with E-state index in [-0.39, 0.29) is 5.75 Å². The van der Waals surface area contributed by atoms with Crippen molar-refractivity contribution < 1.29 is 5.11 Å². The fraction of sp³-hybridized carbons (Fsp3) is 0. The summed E-state index contributed by atoms with van der Waals surface area (Å²) in [5.41, 5.74) is 7.63. The van der Waals surface area contributed by atoms with Gasteiger partial charge in [-0.15, -0.1) is 0 Å². The molecule has 0 bridgehead atoms. The number of phenolic OH excluding ortho intramolecular Hbond substituents is 1. The van der Waals surface area contributed by atoms with Gasteiger partial charge in [-0.3, -0.25) is 0 Å².